The minimum Gasteiger partial charge on any atom is -0.497 e. The van der Waals surface area contributed by atoms with Gasteiger partial charge in [0, 0.05) is 29.1 Å². The van der Waals surface area contributed by atoms with Crippen molar-refractivity contribution < 1.29 is 35.8 Å². The van der Waals surface area contributed by atoms with Crippen LogP contribution >= 0.6 is 0 Å². The fraction of sp³-hybridized carbons (Fsp3) is 0.226. The van der Waals surface area contributed by atoms with Crippen LogP contribution in [0.4, 0.5) is 23.4 Å². The highest BCUT2D eigenvalue weighted by atomic mass is 32.2. The smallest absolute Gasteiger partial charge is 0.393 e. The van der Waals surface area contributed by atoms with E-state index in [2.05, 4.69) is 5.16 Å². The van der Waals surface area contributed by atoms with Crippen molar-refractivity contribution in [2.24, 2.45) is 0 Å². The number of hydrogen-bond donors (Lipinski definition) is 0. The van der Waals surface area contributed by atoms with Gasteiger partial charge in [-0.3, -0.25) is 13.7 Å². The Morgan fingerprint density at radius 3 is 2.30 bits per heavy atom. The minimum atomic E-state index is -4.64. The van der Waals surface area contributed by atoms with E-state index in [0.29, 0.717) is 27.4 Å². The topological polar surface area (TPSA) is 86.8 Å². The summed E-state index contributed by atoms with van der Waals surface area (Å²) in [7, 11) is 0.979. The van der Waals surface area contributed by atoms with Gasteiger partial charge in [-0.15, -0.1) is 0 Å². The molecule has 0 spiro atoms. The second kappa shape index (κ2) is 13.8. The van der Waals surface area contributed by atoms with E-state index in [9.17, 15) is 26.6 Å². The average Bonchev–Trinajstić information content (AvgIpc) is 3.56. The summed E-state index contributed by atoms with van der Waals surface area (Å²) in [4.78, 5) is 13.3. The lowest BCUT2D eigenvalue weighted by Gasteiger charge is -2.21. The molecule has 44 heavy (non-hydrogen) atoms. The molecule has 0 radical (unpaired) electrons. The third-order valence-electron chi connectivity index (χ3n) is 6.41. The molecule has 13 heteroatoms. The van der Waals surface area contributed by atoms with Gasteiger partial charge in [0.1, 0.15) is 23.6 Å². The zero-order chi connectivity index (χ0) is 32.0. The first-order valence-corrected chi connectivity index (χ1v) is 14.5. The fourth-order valence-corrected chi connectivity index (χ4v) is 5.64. The van der Waals surface area contributed by atoms with Crippen molar-refractivity contribution >= 4 is 27.7 Å². The predicted octanol–water partition coefficient (Wildman–Crippen LogP) is 7.00. The first-order valence-electron chi connectivity index (χ1n) is 13.4. The Hall–Kier alpha value is -4.65. The molecule has 0 N–H and O–H groups in total. The first kappa shape index (κ1) is 32.3. The third kappa shape index (κ3) is 7.10. The van der Waals surface area contributed by atoms with E-state index < -0.39 is 40.5 Å². The molecule has 0 saturated heterocycles. The maximum atomic E-state index is 14.8. The molecule has 8 nitrogen and oxygen atoms in total. The number of methoxy groups -OCH3 is 2. The molecule has 0 aliphatic heterocycles. The number of ether oxygens (including phenoxy) is 2. The largest absolute Gasteiger partial charge is 0.497 e. The summed E-state index contributed by atoms with van der Waals surface area (Å²) in [5.41, 5.74) is -0.132. The molecule has 5 rings (SSSR count). The summed E-state index contributed by atoms with van der Waals surface area (Å²) in [5, 5.41) is 4.41. The summed E-state index contributed by atoms with van der Waals surface area (Å²) in [6.07, 6.45) is -4.77. The van der Waals surface area contributed by atoms with Crippen LogP contribution in [0, 0.1) is 5.82 Å². The van der Waals surface area contributed by atoms with Gasteiger partial charge in [0.15, 0.2) is 16.8 Å². The summed E-state index contributed by atoms with van der Waals surface area (Å²) < 4.78 is 85.6. The van der Waals surface area contributed by atoms with Crippen LogP contribution in [0.15, 0.2) is 93.3 Å². The Morgan fingerprint density at radius 1 is 0.955 bits per heavy atom. The van der Waals surface area contributed by atoms with Gasteiger partial charge in [-0.05, 0) is 48.0 Å². The Balaban J connectivity index is 0.00000216. The van der Waals surface area contributed by atoms with Crippen molar-refractivity contribution in [2.75, 3.05) is 18.5 Å². The monoisotopic (exact) mass is 631 g/mol. The molecular formula is C31H29F4N3O5S. The van der Waals surface area contributed by atoms with Gasteiger partial charge in [0.2, 0.25) is 0 Å². The molecule has 0 saturated carbocycles. The van der Waals surface area contributed by atoms with Gasteiger partial charge in [-0.2, -0.15) is 13.2 Å². The quantitative estimate of drug-likeness (QED) is 0.163. The van der Waals surface area contributed by atoms with E-state index in [1.54, 1.807) is 31.4 Å². The van der Waals surface area contributed by atoms with Crippen LogP contribution in [0.1, 0.15) is 25.0 Å². The van der Waals surface area contributed by atoms with Crippen molar-refractivity contribution in [1.82, 2.24) is 9.72 Å². The Bertz CT molecular complexity index is 1810. The Kier molecular flexibility index (Phi) is 10.1. The highest BCUT2D eigenvalue weighted by Gasteiger charge is 2.30. The number of anilines is 1. The standard InChI is InChI=1S/C29H23F4N3O5S.C2H6/c1-39-21-6-3-18(4-7-21)17-35(27-11-12-41-34-27)42(38)22-8-9-24-19(13-22)5-10-28(37)36(24)25-15-23(30)20(14-26(25)40-2)16-29(31,32)33;1-2/h3-15H,16-17H2,1-2H3;1-2H3. The van der Waals surface area contributed by atoms with Crippen LogP contribution < -0.4 is 19.3 Å². The predicted molar refractivity (Wildman–Crippen MR) is 159 cm³/mol. The van der Waals surface area contributed by atoms with E-state index in [-0.39, 0.29) is 18.0 Å². The zero-order valence-corrected chi connectivity index (χ0v) is 25.0. The number of hydrogen-bond acceptors (Lipinski definition) is 6. The number of alkyl halides is 3. The van der Waals surface area contributed by atoms with Gasteiger partial charge in [0.25, 0.3) is 5.56 Å². The van der Waals surface area contributed by atoms with E-state index in [1.165, 1.54) is 41.9 Å². The zero-order valence-electron chi connectivity index (χ0n) is 24.2. The van der Waals surface area contributed by atoms with Crippen molar-refractivity contribution in [1.29, 1.82) is 0 Å². The van der Waals surface area contributed by atoms with Crippen LogP contribution in [0.2, 0.25) is 0 Å². The van der Waals surface area contributed by atoms with E-state index in [4.69, 9.17) is 14.0 Å². The maximum absolute atomic E-state index is 14.8. The molecule has 3 aromatic carbocycles. The second-order valence-electron chi connectivity index (χ2n) is 9.13. The van der Waals surface area contributed by atoms with Crippen LogP contribution in [0.3, 0.4) is 0 Å². The molecule has 2 aromatic heterocycles. The molecule has 1 unspecified atom stereocenters. The summed E-state index contributed by atoms with van der Waals surface area (Å²) >= 11 is 0. The van der Waals surface area contributed by atoms with Crippen molar-refractivity contribution in [2.45, 2.75) is 37.9 Å². The van der Waals surface area contributed by atoms with Crippen molar-refractivity contribution in [3.63, 3.8) is 0 Å². The number of fused-ring (bicyclic) bond motifs is 1. The third-order valence-corrected chi connectivity index (χ3v) is 7.79. The van der Waals surface area contributed by atoms with Crippen LogP contribution in [0.5, 0.6) is 11.5 Å². The fourth-order valence-electron chi connectivity index (χ4n) is 4.44. The van der Waals surface area contributed by atoms with E-state index >= 15 is 0 Å². The lowest BCUT2D eigenvalue weighted by Crippen LogP contribution is -2.26. The van der Waals surface area contributed by atoms with Crippen molar-refractivity contribution in [3.8, 4) is 17.2 Å². The normalized spacial score (nSPS) is 11.9. The Labute approximate surface area is 253 Å². The molecule has 2 heterocycles. The molecule has 5 aromatic rings. The van der Waals surface area contributed by atoms with Gasteiger partial charge in [0.05, 0.1) is 43.3 Å². The number of halogens is 4. The van der Waals surface area contributed by atoms with Gasteiger partial charge >= 0.3 is 6.18 Å². The lowest BCUT2D eigenvalue weighted by atomic mass is 10.1. The van der Waals surface area contributed by atoms with E-state index in [1.807, 2.05) is 26.0 Å². The number of aromatic nitrogens is 2. The van der Waals surface area contributed by atoms with Gasteiger partial charge < -0.3 is 14.0 Å². The minimum absolute atomic E-state index is 0.0749. The van der Waals surface area contributed by atoms with Crippen LogP contribution in [0.25, 0.3) is 16.6 Å². The van der Waals surface area contributed by atoms with Crippen LogP contribution in [-0.4, -0.2) is 34.3 Å². The average molecular weight is 632 g/mol. The van der Waals surface area contributed by atoms with Gasteiger partial charge in [-0.1, -0.05) is 31.1 Å². The number of benzene rings is 3. The number of nitrogens with zero attached hydrogens (tertiary/aromatic N) is 3. The van der Waals surface area contributed by atoms with Gasteiger partial charge in [-0.25, -0.2) is 8.60 Å². The number of pyridine rings is 1. The maximum Gasteiger partial charge on any atom is 0.393 e. The highest BCUT2D eigenvalue weighted by Crippen LogP contribution is 2.32. The molecule has 0 amide bonds. The van der Waals surface area contributed by atoms with E-state index in [0.717, 1.165) is 22.3 Å². The lowest BCUT2D eigenvalue weighted by molar-refractivity contribution is -0.127. The SMILES string of the molecule is CC.COc1ccc(CN(c2ccon2)S(=O)c2ccc3c(ccc(=O)n3-c3cc(F)c(CC(F)(F)F)cc3OC)c2)cc1. The van der Waals surface area contributed by atoms with Crippen LogP contribution in [-0.2, 0) is 24.0 Å². The Morgan fingerprint density at radius 2 is 1.68 bits per heavy atom. The molecule has 0 aliphatic carbocycles. The molecule has 0 aliphatic rings. The summed E-state index contributed by atoms with van der Waals surface area (Å²) in [6, 6.07) is 18.0. The first-order chi connectivity index (χ1) is 21.1. The molecule has 232 valence electrons. The number of rotatable bonds is 9. The summed E-state index contributed by atoms with van der Waals surface area (Å²) in [5.74, 6) is -0.255. The molecule has 1 atom stereocenters. The second-order valence-corrected chi connectivity index (χ2v) is 10.5. The highest BCUT2D eigenvalue weighted by molar-refractivity contribution is 7.86. The van der Waals surface area contributed by atoms with Crippen molar-refractivity contribution in [3.05, 3.63) is 106 Å². The summed E-state index contributed by atoms with van der Waals surface area (Å²) in [6.45, 7) is 4.21. The molecule has 0 bridgehead atoms. The molecule has 0 fully saturated rings. The molecular weight excluding hydrogens is 602 g/mol.